The van der Waals surface area contributed by atoms with Gasteiger partial charge in [0.2, 0.25) is 5.91 Å². The summed E-state index contributed by atoms with van der Waals surface area (Å²) in [6.45, 7) is 12.1. The van der Waals surface area contributed by atoms with Crippen LogP contribution in [-0.4, -0.2) is 30.5 Å². The second kappa shape index (κ2) is 8.66. The fraction of sp³-hybridized carbons (Fsp3) is 0.556. The number of carbonyl (C=O) groups is 1. The Labute approximate surface area is 144 Å². The van der Waals surface area contributed by atoms with E-state index in [1.165, 1.54) is 6.07 Å². The normalized spacial score (nSPS) is 13.4. The van der Waals surface area contributed by atoms with Gasteiger partial charge in [0.25, 0.3) is 0 Å². The van der Waals surface area contributed by atoms with Gasteiger partial charge in [0.05, 0.1) is 6.04 Å². The van der Waals surface area contributed by atoms with Gasteiger partial charge in [-0.15, -0.1) is 0 Å². The molecule has 1 aromatic rings. The van der Waals surface area contributed by atoms with E-state index >= 15 is 0 Å². The summed E-state index contributed by atoms with van der Waals surface area (Å²) in [5.74, 6) is 0.149. The molecule has 0 saturated heterocycles. The molecule has 0 bridgehead atoms. The van der Waals surface area contributed by atoms with E-state index in [2.05, 4.69) is 20.9 Å². The molecule has 0 radical (unpaired) electrons. The lowest BCUT2D eigenvalue weighted by atomic mass is 10.1. The predicted octanol–water partition coefficient (Wildman–Crippen LogP) is 2.66. The van der Waals surface area contributed by atoms with Gasteiger partial charge >= 0.3 is 0 Å². The summed E-state index contributed by atoms with van der Waals surface area (Å²) in [5.41, 5.74) is 1.15. The van der Waals surface area contributed by atoms with Crippen molar-refractivity contribution in [3.05, 3.63) is 35.1 Å². The number of rotatable bonds is 5. The van der Waals surface area contributed by atoms with Crippen molar-refractivity contribution in [3.63, 3.8) is 0 Å². The smallest absolute Gasteiger partial charge is 0.242 e. The predicted molar refractivity (Wildman–Crippen MR) is 96.6 cm³/mol. The first-order chi connectivity index (χ1) is 11.1. The number of amides is 1. The Hall–Kier alpha value is -2.11. The number of benzene rings is 1. The van der Waals surface area contributed by atoms with Crippen molar-refractivity contribution in [1.29, 1.82) is 0 Å². The number of nitrogens with zero attached hydrogens (tertiary/aromatic N) is 1. The van der Waals surface area contributed by atoms with E-state index in [0.29, 0.717) is 18.1 Å². The SMILES string of the molecule is CCNC(=NCC(=O)NC(C)(C)C)NC(C)c1ccc(C)c(F)c1. The van der Waals surface area contributed by atoms with E-state index in [9.17, 15) is 9.18 Å². The number of nitrogens with one attached hydrogen (secondary N) is 3. The van der Waals surface area contributed by atoms with Crippen LogP contribution < -0.4 is 16.0 Å². The second-order valence-corrected chi connectivity index (χ2v) is 6.87. The van der Waals surface area contributed by atoms with Gasteiger partial charge in [-0.25, -0.2) is 9.38 Å². The molecule has 0 saturated carbocycles. The molecule has 0 fully saturated rings. The van der Waals surface area contributed by atoms with Crippen LogP contribution >= 0.6 is 0 Å². The third kappa shape index (κ3) is 6.98. The van der Waals surface area contributed by atoms with E-state index in [1.807, 2.05) is 40.7 Å². The van der Waals surface area contributed by atoms with Gasteiger partial charge in [0, 0.05) is 12.1 Å². The van der Waals surface area contributed by atoms with Crippen LogP contribution in [0.1, 0.15) is 51.8 Å². The van der Waals surface area contributed by atoms with Crippen LogP contribution in [0.15, 0.2) is 23.2 Å². The molecule has 1 unspecified atom stereocenters. The summed E-state index contributed by atoms with van der Waals surface area (Å²) in [4.78, 5) is 16.2. The quantitative estimate of drug-likeness (QED) is 0.572. The zero-order valence-electron chi connectivity index (χ0n) is 15.5. The van der Waals surface area contributed by atoms with Gasteiger partial charge in [-0.3, -0.25) is 4.79 Å². The van der Waals surface area contributed by atoms with Gasteiger partial charge in [0.15, 0.2) is 5.96 Å². The first-order valence-corrected chi connectivity index (χ1v) is 8.24. The number of carbonyl (C=O) groups excluding carboxylic acids is 1. The van der Waals surface area contributed by atoms with Crippen LogP contribution in [0.4, 0.5) is 4.39 Å². The minimum absolute atomic E-state index is 0.0293. The Kier molecular flexibility index (Phi) is 7.19. The molecule has 1 amide bonds. The molecule has 1 rings (SSSR count). The highest BCUT2D eigenvalue weighted by atomic mass is 19.1. The van der Waals surface area contributed by atoms with Crippen LogP contribution in [0.25, 0.3) is 0 Å². The number of aliphatic imine (C=N–C) groups is 1. The summed E-state index contributed by atoms with van der Waals surface area (Å²) in [7, 11) is 0. The summed E-state index contributed by atoms with van der Waals surface area (Å²) in [6.07, 6.45) is 0. The molecular weight excluding hydrogens is 307 g/mol. The summed E-state index contributed by atoms with van der Waals surface area (Å²) in [6, 6.07) is 5.02. The molecule has 134 valence electrons. The molecule has 0 aliphatic carbocycles. The number of guanidine groups is 1. The molecule has 3 N–H and O–H groups in total. The van der Waals surface area contributed by atoms with Gasteiger partial charge in [-0.05, 0) is 58.7 Å². The van der Waals surface area contributed by atoms with Crippen molar-refractivity contribution in [1.82, 2.24) is 16.0 Å². The monoisotopic (exact) mass is 336 g/mol. The van der Waals surface area contributed by atoms with E-state index in [0.717, 1.165) is 5.56 Å². The number of hydrogen-bond acceptors (Lipinski definition) is 2. The van der Waals surface area contributed by atoms with Crippen molar-refractivity contribution in [2.45, 2.75) is 53.1 Å². The Morgan fingerprint density at radius 1 is 1.33 bits per heavy atom. The summed E-state index contributed by atoms with van der Waals surface area (Å²) in [5, 5.41) is 9.15. The van der Waals surface area contributed by atoms with Gasteiger partial charge in [-0.2, -0.15) is 0 Å². The number of hydrogen-bond donors (Lipinski definition) is 3. The highest BCUT2D eigenvalue weighted by molar-refractivity contribution is 5.85. The molecular formula is C18H29FN4O. The summed E-state index contributed by atoms with van der Waals surface area (Å²) >= 11 is 0. The van der Waals surface area contributed by atoms with Crippen LogP contribution in [0.3, 0.4) is 0 Å². The lowest BCUT2D eigenvalue weighted by molar-refractivity contribution is -0.121. The Bertz CT molecular complexity index is 593. The van der Waals surface area contributed by atoms with Crippen molar-refractivity contribution < 1.29 is 9.18 Å². The minimum Gasteiger partial charge on any atom is -0.357 e. The molecule has 0 heterocycles. The van der Waals surface area contributed by atoms with E-state index < -0.39 is 0 Å². The maximum Gasteiger partial charge on any atom is 0.242 e. The zero-order valence-corrected chi connectivity index (χ0v) is 15.5. The fourth-order valence-electron chi connectivity index (χ4n) is 2.10. The molecule has 6 heteroatoms. The fourth-order valence-corrected chi connectivity index (χ4v) is 2.10. The Morgan fingerprint density at radius 2 is 2.00 bits per heavy atom. The van der Waals surface area contributed by atoms with Crippen molar-refractivity contribution in [3.8, 4) is 0 Å². The van der Waals surface area contributed by atoms with Crippen LogP contribution in [0.5, 0.6) is 0 Å². The second-order valence-electron chi connectivity index (χ2n) is 6.87. The molecule has 0 aliphatic heterocycles. The van der Waals surface area contributed by atoms with Crippen LogP contribution in [0, 0.1) is 12.7 Å². The molecule has 5 nitrogen and oxygen atoms in total. The highest BCUT2D eigenvalue weighted by Gasteiger charge is 2.14. The molecule has 0 spiro atoms. The first kappa shape index (κ1) is 19.9. The average Bonchev–Trinajstić information content (AvgIpc) is 2.46. The molecule has 0 aromatic heterocycles. The molecule has 24 heavy (non-hydrogen) atoms. The number of aryl methyl sites for hydroxylation is 1. The van der Waals surface area contributed by atoms with E-state index in [4.69, 9.17) is 0 Å². The van der Waals surface area contributed by atoms with Gasteiger partial charge in [-0.1, -0.05) is 12.1 Å². The summed E-state index contributed by atoms with van der Waals surface area (Å²) < 4.78 is 13.7. The van der Waals surface area contributed by atoms with Gasteiger partial charge < -0.3 is 16.0 Å². The first-order valence-electron chi connectivity index (χ1n) is 8.24. The lowest BCUT2D eigenvalue weighted by Crippen LogP contribution is -2.43. The highest BCUT2D eigenvalue weighted by Crippen LogP contribution is 2.16. The Morgan fingerprint density at radius 3 is 2.54 bits per heavy atom. The topological polar surface area (TPSA) is 65.5 Å². The third-order valence-corrected chi connectivity index (χ3v) is 3.29. The molecule has 0 aliphatic rings. The lowest BCUT2D eigenvalue weighted by Gasteiger charge is -2.21. The maximum absolute atomic E-state index is 13.7. The standard InChI is InChI=1S/C18H29FN4O/c1-7-20-17(21-11-16(24)23-18(4,5)6)22-13(3)14-9-8-12(2)15(19)10-14/h8-10,13H,7,11H2,1-6H3,(H,23,24)(H2,20,21,22). The van der Waals surface area contributed by atoms with Crippen LogP contribution in [0.2, 0.25) is 0 Å². The average molecular weight is 336 g/mol. The third-order valence-electron chi connectivity index (χ3n) is 3.29. The molecule has 1 atom stereocenters. The van der Waals surface area contributed by atoms with Crippen molar-refractivity contribution >= 4 is 11.9 Å². The van der Waals surface area contributed by atoms with Gasteiger partial charge in [0.1, 0.15) is 12.4 Å². The van der Waals surface area contributed by atoms with E-state index in [-0.39, 0.29) is 29.8 Å². The van der Waals surface area contributed by atoms with Crippen molar-refractivity contribution in [2.75, 3.05) is 13.1 Å². The number of halogens is 1. The zero-order chi connectivity index (χ0) is 18.3. The largest absolute Gasteiger partial charge is 0.357 e. The van der Waals surface area contributed by atoms with Crippen LogP contribution in [-0.2, 0) is 4.79 Å². The van der Waals surface area contributed by atoms with Crippen molar-refractivity contribution in [2.24, 2.45) is 4.99 Å². The maximum atomic E-state index is 13.7. The van der Waals surface area contributed by atoms with E-state index in [1.54, 1.807) is 13.0 Å². The molecule has 1 aromatic carbocycles. The minimum atomic E-state index is -0.287. The Balaban J connectivity index is 2.75.